The molecule has 5 rings (SSSR count). The van der Waals surface area contributed by atoms with Crippen LogP contribution in [0.5, 0.6) is 0 Å². The maximum atomic E-state index is 14.4. The number of alkyl halides is 3. The summed E-state index contributed by atoms with van der Waals surface area (Å²) >= 11 is 0. The van der Waals surface area contributed by atoms with Crippen molar-refractivity contribution < 1.29 is 22.4 Å². The number of pyridine rings is 1. The number of amides is 1. The second kappa shape index (κ2) is 7.15. The first-order valence-electron chi connectivity index (χ1n) is 10.2. The number of aromatic nitrogens is 6. The van der Waals surface area contributed by atoms with Crippen molar-refractivity contribution in [2.75, 3.05) is 6.54 Å². The van der Waals surface area contributed by atoms with E-state index in [0.29, 0.717) is 24.4 Å². The molecule has 0 saturated carbocycles. The molecule has 0 aliphatic carbocycles. The Kier molecular flexibility index (Phi) is 4.59. The van der Waals surface area contributed by atoms with Gasteiger partial charge in [-0.1, -0.05) is 0 Å². The van der Waals surface area contributed by atoms with Crippen LogP contribution in [0.15, 0.2) is 30.6 Å². The topological polar surface area (TPSA) is 73.2 Å². The van der Waals surface area contributed by atoms with E-state index < -0.39 is 23.7 Å². The third kappa shape index (κ3) is 3.19. The van der Waals surface area contributed by atoms with Crippen LogP contribution in [-0.4, -0.2) is 46.5 Å². The lowest BCUT2D eigenvalue weighted by Crippen LogP contribution is -2.39. The first kappa shape index (κ1) is 21.2. The molecular formula is C21H19F4N7O. The Balaban J connectivity index is 1.53. The van der Waals surface area contributed by atoms with E-state index >= 15 is 0 Å². The van der Waals surface area contributed by atoms with Gasteiger partial charge in [0.2, 0.25) is 0 Å². The molecular weight excluding hydrogens is 442 g/mol. The van der Waals surface area contributed by atoms with Crippen LogP contribution in [0.2, 0.25) is 0 Å². The van der Waals surface area contributed by atoms with Crippen molar-refractivity contribution in [3.63, 3.8) is 0 Å². The van der Waals surface area contributed by atoms with E-state index in [9.17, 15) is 22.4 Å². The highest BCUT2D eigenvalue weighted by Gasteiger charge is 2.38. The zero-order valence-electron chi connectivity index (χ0n) is 17.9. The number of hydrogen-bond acceptors (Lipinski definition) is 4. The van der Waals surface area contributed by atoms with E-state index in [4.69, 9.17) is 0 Å². The summed E-state index contributed by atoms with van der Waals surface area (Å²) in [5.74, 6) is -0.944. The number of hydrogen-bond donors (Lipinski definition) is 0. The van der Waals surface area contributed by atoms with Gasteiger partial charge in [0.05, 0.1) is 34.9 Å². The molecule has 4 aromatic heterocycles. The largest absolute Gasteiger partial charge is 0.435 e. The highest BCUT2D eigenvalue weighted by molar-refractivity contribution is 6.01. The van der Waals surface area contributed by atoms with Crippen molar-refractivity contribution in [2.45, 2.75) is 25.6 Å². The maximum absolute atomic E-state index is 14.4. The van der Waals surface area contributed by atoms with Gasteiger partial charge in [0, 0.05) is 32.4 Å². The molecule has 1 aliphatic heterocycles. The Morgan fingerprint density at radius 3 is 2.64 bits per heavy atom. The highest BCUT2D eigenvalue weighted by Crippen LogP contribution is 2.38. The fraction of sp³-hybridized carbons (Fsp3) is 0.333. The SMILES string of the molecule is C[C@H]1c2nn(C)c(-c3cc(C(F)(F)F)nn3C)c2CCN1C(=O)c1cnn2cccc(F)c12. The minimum absolute atomic E-state index is 0.0942. The van der Waals surface area contributed by atoms with E-state index in [1.807, 2.05) is 0 Å². The van der Waals surface area contributed by atoms with Gasteiger partial charge in [-0.3, -0.25) is 14.2 Å². The first-order chi connectivity index (χ1) is 15.6. The van der Waals surface area contributed by atoms with Crippen LogP contribution in [0.25, 0.3) is 16.9 Å². The van der Waals surface area contributed by atoms with Gasteiger partial charge in [-0.05, 0) is 31.5 Å². The second-order valence-corrected chi connectivity index (χ2v) is 8.00. The molecule has 1 amide bonds. The first-order valence-corrected chi connectivity index (χ1v) is 10.2. The average molecular weight is 461 g/mol. The van der Waals surface area contributed by atoms with Crippen LogP contribution in [0.1, 0.15) is 40.3 Å². The van der Waals surface area contributed by atoms with Crippen molar-refractivity contribution in [1.82, 2.24) is 34.1 Å². The van der Waals surface area contributed by atoms with Gasteiger partial charge in [0.25, 0.3) is 5.91 Å². The minimum Gasteiger partial charge on any atom is -0.330 e. The molecule has 0 fully saturated rings. The number of carbonyl (C=O) groups is 1. The Bertz CT molecular complexity index is 1400. The van der Waals surface area contributed by atoms with Crippen molar-refractivity contribution in [2.24, 2.45) is 14.1 Å². The summed E-state index contributed by atoms with van der Waals surface area (Å²) in [5, 5.41) is 12.2. The Labute approximate surface area is 185 Å². The number of aryl methyl sites for hydroxylation is 2. The van der Waals surface area contributed by atoms with Crippen LogP contribution in [0, 0.1) is 5.82 Å². The summed E-state index contributed by atoms with van der Waals surface area (Å²) < 4.78 is 57.9. The number of carbonyl (C=O) groups excluding carboxylic acids is 1. The monoisotopic (exact) mass is 461 g/mol. The summed E-state index contributed by atoms with van der Waals surface area (Å²) in [4.78, 5) is 14.9. The van der Waals surface area contributed by atoms with Crippen LogP contribution in [0.3, 0.4) is 0 Å². The third-order valence-corrected chi connectivity index (χ3v) is 6.04. The molecule has 0 radical (unpaired) electrons. The number of halogens is 4. The van der Waals surface area contributed by atoms with Crippen LogP contribution in [-0.2, 0) is 26.7 Å². The molecule has 12 heteroatoms. The predicted molar refractivity (Wildman–Crippen MR) is 109 cm³/mol. The molecule has 5 heterocycles. The zero-order valence-corrected chi connectivity index (χ0v) is 17.9. The number of rotatable bonds is 2. The van der Waals surface area contributed by atoms with Gasteiger partial charge in [-0.25, -0.2) is 8.91 Å². The van der Waals surface area contributed by atoms with Crippen molar-refractivity contribution >= 4 is 11.4 Å². The van der Waals surface area contributed by atoms with Gasteiger partial charge in [-0.15, -0.1) is 0 Å². The lowest BCUT2D eigenvalue weighted by molar-refractivity contribution is -0.141. The Morgan fingerprint density at radius 1 is 1.18 bits per heavy atom. The maximum Gasteiger partial charge on any atom is 0.435 e. The van der Waals surface area contributed by atoms with Gasteiger partial charge in [-0.2, -0.15) is 28.5 Å². The fourth-order valence-electron chi connectivity index (χ4n) is 4.48. The van der Waals surface area contributed by atoms with Crippen LogP contribution >= 0.6 is 0 Å². The van der Waals surface area contributed by atoms with E-state index in [0.717, 1.165) is 11.6 Å². The van der Waals surface area contributed by atoms with E-state index in [-0.39, 0.29) is 22.7 Å². The zero-order chi connectivity index (χ0) is 23.7. The summed E-state index contributed by atoms with van der Waals surface area (Å²) in [6.45, 7) is 2.08. The molecule has 1 aliphatic rings. The highest BCUT2D eigenvalue weighted by atomic mass is 19.4. The molecule has 0 bridgehead atoms. The summed E-state index contributed by atoms with van der Waals surface area (Å²) in [6.07, 6.45) is -1.29. The fourth-order valence-corrected chi connectivity index (χ4v) is 4.48. The Morgan fingerprint density at radius 2 is 1.94 bits per heavy atom. The van der Waals surface area contributed by atoms with E-state index in [1.54, 1.807) is 25.1 Å². The molecule has 172 valence electrons. The quantitative estimate of drug-likeness (QED) is 0.429. The normalized spacial score (nSPS) is 16.5. The lowest BCUT2D eigenvalue weighted by Gasteiger charge is -2.32. The van der Waals surface area contributed by atoms with E-state index in [1.165, 1.54) is 39.3 Å². The van der Waals surface area contributed by atoms with Gasteiger partial charge in [0.15, 0.2) is 5.69 Å². The standard InChI is InChI=1S/C21H19F4N7O/c1-11-17-12(19(30(3)28-17)15-9-16(21(23,24)25)27-29(15)2)6-8-31(11)20(33)13-10-26-32-7-4-5-14(22)18(13)32/h4-5,7,9-11H,6,8H2,1-3H3/t11-/m0/s1. The smallest absolute Gasteiger partial charge is 0.330 e. The summed E-state index contributed by atoms with van der Waals surface area (Å²) in [5.41, 5.74) is 1.41. The molecule has 0 spiro atoms. The Hall–Kier alpha value is -3.70. The van der Waals surface area contributed by atoms with E-state index in [2.05, 4.69) is 15.3 Å². The van der Waals surface area contributed by atoms with Gasteiger partial charge < -0.3 is 4.90 Å². The predicted octanol–water partition coefficient (Wildman–Crippen LogP) is 3.39. The number of fused-ring (bicyclic) bond motifs is 2. The van der Waals surface area contributed by atoms with Crippen molar-refractivity contribution in [3.8, 4) is 11.4 Å². The molecule has 0 saturated heterocycles. The molecule has 0 aromatic carbocycles. The van der Waals surface area contributed by atoms with Crippen molar-refractivity contribution in [1.29, 1.82) is 0 Å². The minimum atomic E-state index is -4.56. The van der Waals surface area contributed by atoms with Gasteiger partial charge in [0.1, 0.15) is 11.3 Å². The molecule has 0 unspecified atom stereocenters. The van der Waals surface area contributed by atoms with Crippen molar-refractivity contribution in [3.05, 3.63) is 58.9 Å². The summed E-state index contributed by atoms with van der Waals surface area (Å²) in [6, 6.07) is 3.29. The molecule has 1 atom stereocenters. The molecule has 0 N–H and O–H groups in total. The lowest BCUT2D eigenvalue weighted by atomic mass is 9.96. The summed E-state index contributed by atoms with van der Waals surface area (Å²) in [7, 11) is 3.10. The molecule has 33 heavy (non-hydrogen) atoms. The van der Waals surface area contributed by atoms with Crippen LogP contribution in [0.4, 0.5) is 17.6 Å². The third-order valence-electron chi connectivity index (χ3n) is 6.04. The second-order valence-electron chi connectivity index (χ2n) is 8.00. The number of nitrogens with zero attached hydrogens (tertiary/aromatic N) is 7. The molecule has 4 aromatic rings. The van der Waals surface area contributed by atoms with Crippen LogP contribution < -0.4 is 0 Å². The molecule has 8 nitrogen and oxygen atoms in total. The van der Waals surface area contributed by atoms with Gasteiger partial charge >= 0.3 is 6.18 Å². The average Bonchev–Trinajstić information content (AvgIpc) is 3.43.